The first-order valence-corrected chi connectivity index (χ1v) is 8.81. The highest BCUT2D eigenvalue weighted by atomic mass is 127. The summed E-state index contributed by atoms with van der Waals surface area (Å²) in [5.74, 6) is 0.542. The molecule has 2 rings (SSSR count). The Morgan fingerprint density at radius 3 is 2.88 bits per heavy atom. The molecule has 132 valence electrons. The van der Waals surface area contributed by atoms with Gasteiger partial charge in [-0.05, 0) is 65.4 Å². The van der Waals surface area contributed by atoms with Crippen molar-refractivity contribution in [3.63, 3.8) is 0 Å². The van der Waals surface area contributed by atoms with Gasteiger partial charge in [0.05, 0.1) is 16.4 Å². The lowest BCUT2D eigenvalue weighted by atomic mass is 10.2. The molecule has 2 aromatic carbocycles. The Bertz CT molecular complexity index is 783. The molecule has 6 nitrogen and oxygen atoms in total. The van der Waals surface area contributed by atoms with Gasteiger partial charge in [0.1, 0.15) is 5.75 Å². The molecule has 0 atom stereocenters. The fourth-order valence-electron chi connectivity index (χ4n) is 1.85. The average Bonchev–Trinajstić information content (AvgIpc) is 2.58. The summed E-state index contributed by atoms with van der Waals surface area (Å²) in [6.45, 7) is 2.07. The molecule has 0 aliphatic carbocycles. The van der Waals surface area contributed by atoms with E-state index in [4.69, 9.17) is 21.1 Å². The number of amides is 1. The summed E-state index contributed by atoms with van der Waals surface area (Å²) >= 11 is 7.83. The molecule has 2 aromatic rings. The maximum atomic E-state index is 11.7. The summed E-state index contributed by atoms with van der Waals surface area (Å²) < 4.78 is 11.3. The van der Waals surface area contributed by atoms with Gasteiger partial charge in [-0.2, -0.15) is 5.10 Å². The molecule has 0 aromatic heterocycles. The first kappa shape index (κ1) is 19.3. The van der Waals surface area contributed by atoms with Crippen LogP contribution in [0.4, 0.5) is 0 Å². The Labute approximate surface area is 163 Å². The van der Waals surface area contributed by atoms with Crippen LogP contribution in [0.15, 0.2) is 41.5 Å². The molecule has 0 unspecified atom stereocenters. The smallest absolute Gasteiger partial charge is 0.277 e. The van der Waals surface area contributed by atoms with E-state index in [1.807, 2.05) is 29.5 Å². The molecule has 0 heterocycles. The second-order valence-corrected chi connectivity index (χ2v) is 6.42. The Morgan fingerprint density at radius 1 is 1.36 bits per heavy atom. The number of phenolic OH excluding ortho intramolecular Hbond substituents is 1. The molecule has 1 amide bonds. The normalized spacial score (nSPS) is 10.7. The number of hydrazone groups is 1. The molecule has 2 N–H and O–H groups in total. The van der Waals surface area contributed by atoms with Crippen LogP contribution >= 0.6 is 34.2 Å². The highest BCUT2D eigenvalue weighted by molar-refractivity contribution is 14.1. The van der Waals surface area contributed by atoms with Gasteiger partial charge in [-0.1, -0.05) is 17.7 Å². The highest BCUT2D eigenvalue weighted by Gasteiger charge is 2.08. The van der Waals surface area contributed by atoms with E-state index in [0.717, 1.165) is 0 Å². The molecule has 0 bridgehead atoms. The summed E-state index contributed by atoms with van der Waals surface area (Å²) in [6, 6.07) is 10.1. The molecule has 8 heteroatoms. The number of carbonyl (C=O) groups is 1. The van der Waals surface area contributed by atoms with Crippen LogP contribution in [-0.2, 0) is 4.79 Å². The summed E-state index contributed by atoms with van der Waals surface area (Å²) in [5, 5.41) is 14.3. The number of nitrogens with zero attached hydrogens (tertiary/aromatic N) is 1. The zero-order chi connectivity index (χ0) is 18.2. The molecule has 0 spiro atoms. The molecular weight excluding hydrogens is 459 g/mol. The van der Waals surface area contributed by atoms with Crippen molar-refractivity contribution in [2.45, 2.75) is 6.92 Å². The summed E-state index contributed by atoms with van der Waals surface area (Å²) in [4.78, 5) is 11.7. The van der Waals surface area contributed by atoms with Crippen molar-refractivity contribution in [3.8, 4) is 17.2 Å². The largest absolute Gasteiger partial charge is 0.504 e. The first-order valence-electron chi connectivity index (χ1n) is 7.35. The van der Waals surface area contributed by atoms with E-state index < -0.39 is 5.91 Å². The highest BCUT2D eigenvalue weighted by Crippen LogP contribution is 2.32. The zero-order valence-corrected chi connectivity index (χ0v) is 16.2. The number of rotatable bonds is 7. The minimum absolute atomic E-state index is 0.0820. The van der Waals surface area contributed by atoms with E-state index in [-0.39, 0.29) is 12.4 Å². The van der Waals surface area contributed by atoms with Gasteiger partial charge in [-0.3, -0.25) is 4.79 Å². The third kappa shape index (κ3) is 6.09. The van der Waals surface area contributed by atoms with Gasteiger partial charge in [-0.25, -0.2) is 5.43 Å². The van der Waals surface area contributed by atoms with Crippen LogP contribution in [0.3, 0.4) is 0 Å². The van der Waals surface area contributed by atoms with E-state index in [1.54, 1.807) is 36.4 Å². The predicted octanol–water partition coefficient (Wildman–Crippen LogP) is 3.58. The van der Waals surface area contributed by atoms with E-state index in [1.165, 1.54) is 6.21 Å². The van der Waals surface area contributed by atoms with Crippen molar-refractivity contribution in [2.75, 3.05) is 13.2 Å². The minimum Gasteiger partial charge on any atom is -0.504 e. The Hall–Kier alpha value is -2.00. The maximum Gasteiger partial charge on any atom is 0.277 e. The fraction of sp³-hybridized carbons (Fsp3) is 0.176. The minimum atomic E-state index is -0.408. The fourth-order valence-corrected chi connectivity index (χ4v) is 2.66. The van der Waals surface area contributed by atoms with E-state index >= 15 is 0 Å². The van der Waals surface area contributed by atoms with Gasteiger partial charge in [0.25, 0.3) is 5.91 Å². The number of ether oxygens (including phenoxy) is 2. The van der Waals surface area contributed by atoms with Crippen LogP contribution in [0.2, 0.25) is 5.02 Å². The standard InChI is InChI=1S/C17H16ClIN2O4/c1-2-24-15-7-11(6-14(19)17(15)23)9-20-21-16(22)10-25-13-5-3-4-12(18)8-13/h3-9,23H,2,10H2,1H3,(H,21,22). The number of benzene rings is 2. The van der Waals surface area contributed by atoms with Gasteiger partial charge in [0.15, 0.2) is 18.1 Å². The van der Waals surface area contributed by atoms with Crippen LogP contribution < -0.4 is 14.9 Å². The Morgan fingerprint density at radius 2 is 2.16 bits per heavy atom. The molecule has 0 fully saturated rings. The molecular formula is C17H16ClIN2O4. The number of halogens is 2. The van der Waals surface area contributed by atoms with Gasteiger partial charge in [0.2, 0.25) is 0 Å². The van der Waals surface area contributed by atoms with E-state index in [9.17, 15) is 9.90 Å². The second kappa shape index (κ2) is 9.47. The van der Waals surface area contributed by atoms with Gasteiger partial charge < -0.3 is 14.6 Å². The molecule has 0 saturated carbocycles. The Kier molecular flexibility index (Phi) is 7.32. The third-order valence-corrected chi connectivity index (χ3v) is 3.98. The van der Waals surface area contributed by atoms with Crippen molar-refractivity contribution in [1.82, 2.24) is 5.43 Å². The van der Waals surface area contributed by atoms with E-state index in [0.29, 0.717) is 32.3 Å². The van der Waals surface area contributed by atoms with Gasteiger partial charge in [-0.15, -0.1) is 0 Å². The summed E-state index contributed by atoms with van der Waals surface area (Å²) in [7, 11) is 0. The SMILES string of the molecule is CCOc1cc(C=NNC(=O)COc2cccc(Cl)c2)cc(I)c1O. The van der Waals surface area contributed by atoms with Crippen LogP contribution in [0.1, 0.15) is 12.5 Å². The monoisotopic (exact) mass is 474 g/mol. The number of hydrogen-bond donors (Lipinski definition) is 2. The molecule has 0 aliphatic heterocycles. The summed E-state index contributed by atoms with van der Waals surface area (Å²) in [6.07, 6.45) is 1.46. The van der Waals surface area contributed by atoms with E-state index in [2.05, 4.69) is 10.5 Å². The summed E-state index contributed by atoms with van der Waals surface area (Å²) in [5.41, 5.74) is 3.05. The topological polar surface area (TPSA) is 80.2 Å². The van der Waals surface area contributed by atoms with Crippen LogP contribution in [0.25, 0.3) is 0 Å². The van der Waals surface area contributed by atoms with Gasteiger partial charge >= 0.3 is 0 Å². The lowest BCUT2D eigenvalue weighted by Crippen LogP contribution is -2.24. The number of aromatic hydroxyl groups is 1. The van der Waals surface area contributed by atoms with Crippen LogP contribution in [-0.4, -0.2) is 30.4 Å². The Balaban J connectivity index is 1.90. The molecule has 0 aliphatic rings. The van der Waals surface area contributed by atoms with Crippen molar-refractivity contribution in [1.29, 1.82) is 0 Å². The maximum absolute atomic E-state index is 11.7. The van der Waals surface area contributed by atoms with Crippen molar-refractivity contribution < 1.29 is 19.4 Å². The van der Waals surface area contributed by atoms with Crippen LogP contribution in [0.5, 0.6) is 17.2 Å². The third-order valence-electron chi connectivity index (χ3n) is 2.92. The van der Waals surface area contributed by atoms with Crippen molar-refractivity contribution in [2.24, 2.45) is 5.10 Å². The first-order chi connectivity index (χ1) is 12.0. The molecule has 0 radical (unpaired) electrons. The quantitative estimate of drug-likeness (QED) is 0.365. The molecule has 0 saturated heterocycles. The predicted molar refractivity (Wildman–Crippen MR) is 105 cm³/mol. The number of carbonyl (C=O) groups excluding carboxylic acids is 1. The number of phenols is 1. The lowest BCUT2D eigenvalue weighted by Gasteiger charge is -2.08. The van der Waals surface area contributed by atoms with Crippen molar-refractivity contribution >= 4 is 46.3 Å². The van der Waals surface area contributed by atoms with Gasteiger partial charge in [0, 0.05) is 5.02 Å². The zero-order valence-electron chi connectivity index (χ0n) is 13.3. The lowest BCUT2D eigenvalue weighted by molar-refractivity contribution is -0.123. The number of hydrogen-bond acceptors (Lipinski definition) is 5. The number of nitrogens with one attached hydrogen (secondary N) is 1. The van der Waals surface area contributed by atoms with Crippen molar-refractivity contribution in [3.05, 3.63) is 50.6 Å². The van der Waals surface area contributed by atoms with Crippen LogP contribution in [0, 0.1) is 3.57 Å². The molecule has 25 heavy (non-hydrogen) atoms. The second-order valence-electron chi connectivity index (χ2n) is 4.82. The average molecular weight is 475 g/mol.